The zero-order valence-electron chi connectivity index (χ0n) is 14.6. The lowest BCUT2D eigenvalue weighted by Gasteiger charge is -2.12. The number of nitrogens with one attached hydrogen (secondary N) is 1. The minimum Gasteiger partial charge on any atom is -0.493 e. The summed E-state index contributed by atoms with van der Waals surface area (Å²) in [5.41, 5.74) is 0.714. The number of hydrogen-bond acceptors (Lipinski definition) is 4. The number of carbonyl (C=O) groups is 1. The molecule has 0 saturated heterocycles. The standard InChI is InChI=1S/C20H13Cl3N2O3/c1-3-6-28-19-17(23)8-12(9-18(19)27-2)7-13(11-24)20(26)25-14-4-5-15(21)16(22)10-14/h1,4-5,7-10H,6H2,2H3,(H,25,26)/b13-7+. The highest BCUT2D eigenvalue weighted by atomic mass is 35.5. The Hall–Kier alpha value is -2.83. The van der Waals surface area contributed by atoms with Crippen molar-refractivity contribution in [3.05, 3.63) is 56.5 Å². The number of rotatable bonds is 6. The molecular formula is C20H13Cl3N2O3. The molecule has 0 atom stereocenters. The number of nitrogens with zero attached hydrogens (tertiary/aromatic N) is 1. The van der Waals surface area contributed by atoms with Crippen molar-refractivity contribution in [1.29, 1.82) is 5.26 Å². The molecule has 0 radical (unpaired) electrons. The number of terminal acetylenes is 1. The first-order valence-corrected chi connectivity index (χ1v) is 8.85. The van der Waals surface area contributed by atoms with Crippen molar-refractivity contribution >= 4 is 52.5 Å². The molecule has 8 heteroatoms. The van der Waals surface area contributed by atoms with Gasteiger partial charge >= 0.3 is 0 Å². The number of methoxy groups -OCH3 is 1. The molecule has 0 aliphatic rings. The van der Waals surface area contributed by atoms with Gasteiger partial charge in [0.25, 0.3) is 5.91 Å². The third-order valence-corrected chi connectivity index (χ3v) is 4.42. The Balaban J connectivity index is 2.31. The van der Waals surface area contributed by atoms with E-state index in [1.54, 1.807) is 12.1 Å². The summed E-state index contributed by atoms with van der Waals surface area (Å²) in [6.07, 6.45) is 6.55. The molecule has 1 N–H and O–H groups in total. The largest absolute Gasteiger partial charge is 0.493 e. The fourth-order valence-corrected chi connectivity index (χ4v) is 2.74. The topological polar surface area (TPSA) is 71.3 Å². The minimum atomic E-state index is -0.622. The first-order valence-electron chi connectivity index (χ1n) is 7.71. The van der Waals surface area contributed by atoms with Gasteiger partial charge in [0.05, 0.1) is 22.2 Å². The van der Waals surface area contributed by atoms with Crippen molar-refractivity contribution in [2.45, 2.75) is 0 Å². The Labute approximate surface area is 177 Å². The summed E-state index contributed by atoms with van der Waals surface area (Å²) < 4.78 is 10.6. The van der Waals surface area contributed by atoms with E-state index in [-0.39, 0.29) is 28.0 Å². The van der Waals surface area contributed by atoms with Gasteiger partial charge in [0, 0.05) is 5.69 Å². The fourth-order valence-electron chi connectivity index (χ4n) is 2.16. The second-order valence-electron chi connectivity index (χ2n) is 5.28. The van der Waals surface area contributed by atoms with Crippen LogP contribution in [0.1, 0.15) is 5.56 Å². The van der Waals surface area contributed by atoms with E-state index in [2.05, 4.69) is 11.2 Å². The first kappa shape index (κ1) is 21.5. The Morgan fingerprint density at radius 3 is 2.57 bits per heavy atom. The van der Waals surface area contributed by atoms with E-state index < -0.39 is 5.91 Å². The van der Waals surface area contributed by atoms with Gasteiger partial charge in [0.1, 0.15) is 18.2 Å². The highest BCUT2D eigenvalue weighted by Crippen LogP contribution is 2.37. The maximum Gasteiger partial charge on any atom is 0.266 e. The van der Waals surface area contributed by atoms with E-state index in [0.29, 0.717) is 22.0 Å². The zero-order valence-corrected chi connectivity index (χ0v) is 16.8. The summed E-state index contributed by atoms with van der Waals surface area (Å²) in [5.74, 6) is 2.30. The number of nitriles is 1. The maximum absolute atomic E-state index is 12.4. The molecule has 0 aromatic heterocycles. The lowest BCUT2D eigenvalue weighted by atomic mass is 10.1. The monoisotopic (exact) mass is 434 g/mol. The molecule has 1 amide bonds. The summed E-state index contributed by atoms with van der Waals surface area (Å²) in [6, 6.07) is 9.53. The summed E-state index contributed by atoms with van der Waals surface area (Å²) in [4.78, 5) is 12.4. The van der Waals surface area contributed by atoms with Crippen LogP contribution in [0.25, 0.3) is 6.08 Å². The molecule has 2 aromatic carbocycles. The lowest BCUT2D eigenvalue weighted by Crippen LogP contribution is -2.13. The number of ether oxygens (including phenoxy) is 2. The zero-order chi connectivity index (χ0) is 20.7. The quantitative estimate of drug-likeness (QED) is 0.384. The second kappa shape index (κ2) is 9.92. The Morgan fingerprint density at radius 2 is 1.96 bits per heavy atom. The molecule has 0 heterocycles. The molecular weight excluding hydrogens is 423 g/mol. The van der Waals surface area contributed by atoms with Crippen molar-refractivity contribution in [2.75, 3.05) is 19.0 Å². The molecule has 0 fully saturated rings. The molecule has 0 saturated carbocycles. The summed E-state index contributed by atoms with van der Waals surface area (Å²) in [7, 11) is 1.43. The highest BCUT2D eigenvalue weighted by Gasteiger charge is 2.14. The van der Waals surface area contributed by atoms with Crippen LogP contribution < -0.4 is 14.8 Å². The average molecular weight is 436 g/mol. The van der Waals surface area contributed by atoms with Gasteiger partial charge in [-0.05, 0) is 42.0 Å². The number of carbonyl (C=O) groups excluding carboxylic acids is 1. The van der Waals surface area contributed by atoms with Crippen molar-refractivity contribution in [2.24, 2.45) is 0 Å². The molecule has 5 nitrogen and oxygen atoms in total. The van der Waals surface area contributed by atoms with Crippen LogP contribution in [-0.4, -0.2) is 19.6 Å². The fraction of sp³-hybridized carbons (Fsp3) is 0.100. The van der Waals surface area contributed by atoms with Crippen LogP contribution in [0.15, 0.2) is 35.9 Å². The highest BCUT2D eigenvalue weighted by molar-refractivity contribution is 6.42. The van der Waals surface area contributed by atoms with Crippen LogP contribution >= 0.6 is 34.8 Å². The molecule has 142 valence electrons. The van der Waals surface area contributed by atoms with Gasteiger partial charge < -0.3 is 14.8 Å². The molecule has 28 heavy (non-hydrogen) atoms. The van der Waals surface area contributed by atoms with Gasteiger partial charge in [-0.2, -0.15) is 5.26 Å². The van der Waals surface area contributed by atoms with Gasteiger partial charge in [-0.3, -0.25) is 4.79 Å². The van der Waals surface area contributed by atoms with Crippen molar-refractivity contribution in [3.63, 3.8) is 0 Å². The predicted molar refractivity (Wildman–Crippen MR) is 111 cm³/mol. The first-order chi connectivity index (χ1) is 13.4. The van der Waals surface area contributed by atoms with E-state index in [1.165, 1.54) is 31.4 Å². The average Bonchev–Trinajstić information content (AvgIpc) is 2.67. The SMILES string of the molecule is C#CCOc1c(Cl)cc(/C=C(\C#N)C(=O)Nc2ccc(Cl)c(Cl)c2)cc1OC. The van der Waals surface area contributed by atoms with Gasteiger partial charge in [-0.25, -0.2) is 0 Å². The Kier molecular flexibility index (Phi) is 7.61. The smallest absolute Gasteiger partial charge is 0.266 e. The van der Waals surface area contributed by atoms with Crippen molar-refractivity contribution in [1.82, 2.24) is 0 Å². The van der Waals surface area contributed by atoms with Crippen LogP contribution in [0.4, 0.5) is 5.69 Å². The van der Waals surface area contributed by atoms with Gasteiger partial charge in [0.15, 0.2) is 11.5 Å². The number of halogens is 3. The normalized spacial score (nSPS) is 10.6. The molecule has 0 aliphatic heterocycles. The minimum absolute atomic E-state index is 0.0147. The molecule has 0 spiro atoms. The van der Waals surface area contributed by atoms with Crippen LogP contribution in [0.3, 0.4) is 0 Å². The molecule has 0 aliphatic carbocycles. The third-order valence-electron chi connectivity index (χ3n) is 3.41. The van der Waals surface area contributed by atoms with E-state index in [4.69, 9.17) is 50.7 Å². The molecule has 2 aromatic rings. The van der Waals surface area contributed by atoms with E-state index in [9.17, 15) is 10.1 Å². The number of amides is 1. The van der Waals surface area contributed by atoms with E-state index >= 15 is 0 Å². The molecule has 2 rings (SSSR count). The number of anilines is 1. The van der Waals surface area contributed by atoms with Gasteiger partial charge in [-0.1, -0.05) is 40.7 Å². The third kappa shape index (κ3) is 5.34. The maximum atomic E-state index is 12.4. The number of benzene rings is 2. The van der Waals surface area contributed by atoms with Crippen LogP contribution in [0.2, 0.25) is 15.1 Å². The van der Waals surface area contributed by atoms with E-state index in [0.717, 1.165) is 0 Å². The van der Waals surface area contributed by atoms with Crippen molar-refractivity contribution < 1.29 is 14.3 Å². The number of hydrogen-bond donors (Lipinski definition) is 1. The lowest BCUT2D eigenvalue weighted by molar-refractivity contribution is -0.112. The van der Waals surface area contributed by atoms with Gasteiger partial charge in [-0.15, -0.1) is 6.42 Å². The Bertz CT molecular complexity index is 1020. The summed E-state index contributed by atoms with van der Waals surface area (Å²) >= 11 is 18.0. The van der Waals surface area contributed by atoms with Crippen LogP contribution in [-0.2, 0) is 4.79 Å². The summed E-state index contributed by atoms with van der Waals surface area (Å²) in [5, 5.41) is 12.8. The van der Waals surface area contributed by atoms with Crippen molar-refractivity contribution in [3.8, 4) is 29.9 Å². The second-order valence-corrected chi connectivity index (χ2v) is 6.50. The van der Waals surface area contributed by atoms with Gasteiger partial charge in [0.2, 0.25) is 0 Å². The Morgan fingerprint density at radius 1 is 1.21 bits per heavy atom. The predicted octanol–water partition coefficient (Wildman–Crippen LogP) is 5.21. The van der Waals surface area contributed by atoms with E-state index in [1.807, 2.05) is 6.07 Å². The summed E-state index contributed by atoms with van der Waals surface area (Å²) in [6.45, 7) is 0.0147. The molecule has 0 unspecified atom stereocenters. The molecule has 0 bridgehead atoms. The van der Waals surface area contributed by atoms with Crippen LogP contribution in [0, 0.1) is 23.7 Å². The van der Waals surface area contributed by atoms with Crippen LogP contribution in [0.5, 0.6) is 11.5 Å².